The predicted molar refractivity (Wildman–Crippen MR) is 259 cm³/mol. The van der Waals surface area contributed by atoms with Crippen molar-refractivity contribution in [2.24, 2.45) is 18.9 Å². The molecule has 0 spiro atoms. The second-order valence-electron chi connectivity index (χ2n) is 20.3. The van der Waals surface area contributed by atoms with Crippen LogP contribution in [-0.2, 0) is 53.7 Å². The number of aromatic nitrogens is 5. The number of alkyl halides is 3. The van der Waals surface area contributed by atoms with Crippen LogP contribution in [0, 0.1) is 11.8 Å². The van der Waals surface area contributed by atoms with Crippen LogP contribution in [0.5, 0.6) is 0 Å². The Hall–Kier alpha value is -6.59. The molecule has 3 amide bonds. The number of hydrogen-bond acceptors (Lipinski definition) is 9. The van der Waals surface area contributed by atoms with E-state index in [9.17, 15) is 32.3 Å². The number of nitrogens with zero attached hydrogens (tertiary/aromatic N) is 8. The lowest BCUT2D eigenvalue weighted by Crippen LogP contribution is -2.52. The van der Waals surface area contributed by atoms with Gasteiger partial charge >= 0.3 is 11.9 Å². The number of likely N-dealkylation sites (tertiary alicyclic amines) is 1. The van der Waals surface area contributed by atoms with Gasteiger partial charge in [-0.3, -0.25) is 33.6 Å². The molecule has 11 rings (SSSR count). The molecule has 0 bridgehead atoms. The number of carbonyl (C=O) groups excluding carboxylic acids is 3. The van der Waals surface area contributed by atoms with Crippen molar-refractivity contribution in [3.05, 3.63) is 147 Å². The Balaban J connectivity index is 0.663. The Kier molecular flexibility index (Phi) is 12.7. The normalized spacial score (nSPS) is 20.2. The Bertz CT molecular complexity index is 3030. The third-order valence-electron chi connectivity index (χ3n) is 15.7. The number of pyridine rings is 1. The predicted octanol–water partition coefficient (Wildman–Crippen LogP) is 7.57. The zero-order chi connectivity index (χ0) is 49.0. The monoisotopic (exact) mass is 969 g/mol. The number of carbonyl (C=O) groups is 3. The first-order valence-corrected chi connectivity index (χ1v) is 25.1. The van der Waals surface area contributed by atoms with Crippen LogP contribution >= 0.6 is 0 Å². The number of ether oxygens (including phenoxy) is 1. The summed E-state index contributed by atoms with van der Waals surface area (Å²) in [5, 5.41) is 10.9. The van der Waals surface area contributed by atoms with Crippen LogP contribution in [0.25, 0.3) is 11.2 Å². The van der Waals surface area contributed by atoms with Crippen molar-refractivity contribution in [1.82, 2.24) is 38.8 Å². The quantitative estimate of drug-likeness (QED) is 0.116. The van der Waals surface area contributed by atoms with Gasteiger partial charge in [0.25, 0.3) is 5.91 Å². The van der Waals surface area contributed by atoms with Gasteiger partial charge in [0.1, 0.15) is 18.2 Å². The molecule has 1 aliphatic carbocycles. The van der Waals surface area contributed by atoms with Crippen LogP contribution < -0.4 is 15.9 Å². The maximum Gasteiger partial charge on any atom is 0.418 e. The average molecular weight is 970 g/mol. The van der Waals surface area contributed by atoms with Crippen LogP contribution in [0.1, 0.15) is 113 Å². The summed E-state index contributed by atoms with van der Waals surface area (Å²) in [7, 11) is 1.91. The van der Waals surface area contributed by atoms with Gasteiger partial charge in [-0.05, 0) is 127 Å². The number of aryl methyl sites for hydroxylation is 1. The SMILES string of the molecule is Cn1cnnc1[C@@H](c1cccc(-n2cc3c(C(F)(F)F)cc(CN4CCC(OCc5ccc(CC6CCN(c7ccc8c(c7)CN([C@H]7CCC(=O)NC7=O)C8=O)CC6)cc5)CC4)cn3c2=O)c1)C1CCC1. The third kappa shape index (κ3) is 9.53. The highest BCUT2D eigenvalue weighted by Gasteiger charge is 2.40. The summed E-state index contributed by atoms with van der Waals surface area (Å²) in [6, 6.07) is 22.7. The summed E-state index contributed by atoms with van der Waals surface area (Å²) < 4.78 is 54.8. The smallest absolute Gasteiger partial charge is 0.373 e. The van der Waals surface area contributed by atoms with Gasteiger partial charge < -0.3 is 19.1 Å². The van der Waals surface area contributed by atoms with E-state index in [1.165, 1.54) is 22.4 Å². The lowest BCUT2D eigenvalue weighted by atomic mass is 9.72. The standard InChI is InChI=1S/C54H58F3N9O5/c1-61-33-58-60-50(61)49(38-4-2-5-38)39-6-3-7-42(26-39)64-31-47-45(54(55,56)57)25-37(29-66(47)53(64)70)28-62-20-18-43(19-21-62)71-32-36-10-8-34(9-11-36)24-35-16-22-63(23-17-35)41-12-13-44-40(27-41)30-65(52(44)69)46-14-15-48(67)59-51(46)68/h3,6-13,25-27,29,31,33,35,38,43,46,49H,2,4-5,14-24,28,30,32H2,1H3,(H,59,67,68)/t46-,49+/m0/s1. The third-order valence-corrected chi connectivity index (χ3v) is 15.7. The van der Waals surface area contributed by atoms with Crippen molar-refractivity contribution in [2.75, 3.05) is 31.1 Å². The molecule has 2 atom stereocenters. The number of halogens is 3. The zero-order valence-corrected chi connectivity index (χ0v) is 39.8. The number of imide groups is 1. The highest BCUT2D eigenvalue weighted by atomic mass is 19.4. The molecule has 4 aliphatic heterocycles. The van der Waals surface area contributed by atoms with Crippen molar-refractivity contribution < 1.29 is 32.3 Å². The van der Waals surface area contributed by atoms with Crippen molar-refractivity contribution in [3.8, 4) is 5.69 Å². The van der Waals surface area contributed by atoms with Crippen molar-refractivity contribution in [3.63, 3.8) is 0 Å². The molecular formula is C54H58F3N9O5. The lowest BCUT2D eigenvalue weighted by Gasteiger charge is -2.34. The molecule has 3 aromatic heterocycles. The maximum atomic E-state index is 14.7. The molecule has 14 nitrogen and oxygen atoms in total. The fourth-order valence-electron chi connectivity index (χ4n) is 11.6. The minimum absolute atomic E-state index is 0.0322. The number of hydrogen-bond donors (Lipinski definition) is 1. The summed E-state index contributed by atoms with van der Waals surface area (Å²) in [5.41, 5.74) is 5.32. The van der Waals surface area contributed by atoms with Crippen molar-refractivity contribution in [1.29, 1.82) is 0 Å². The number of imidazole rings is 1. The average Bonchev–Trinajstić information content (AvgIpc) is 4.03. The summed E-state index contributed by atoms with van der Waals surface area (Å²) in [4.78, 5) is 57.4. The number of nitrogens with one attached hydrogen (secondary N) is 1. The van der Waals surface area contributed by atoms with Crippen LogP contribution in [-0.4, -0.2) is 89.6 Å². The maximum absolute atomic E-state index is 14.7. The van der Waals surface area contributed by atoms with Crippen LogP contribution in [0.15, 0.2) is 96.3 Å². The largest absolute Gasteiger partial charge is 0.418 e. The lowest BCUT2D eigenvalue weighted by molar-refractivity contribution is -0.137. The fraction of sp³-hybridized carbons (Fsp3) is 0.444. The minimum Gasteiger partial charge on any atom is -0.373 e. The Morgan fingerprint density at radius 3 is 2.30 bits per heavy atom. The van der Waals surface area contributed by atoms with E-state index < -0.39 is 29.4 Å². The van der Waals surface area contributed by atoms with Gasteiger partial charge in [-0.15, -0.1) is 10.2 Å². The van der Waals surface area contributed by atoms with Crippen LogP contribution in [0.3, 0.4) is 0 Å². The van der Waals surface area contributed by atoms with Gasteiger partial charge in [-0.2, -0.15) is 13.2 Å². The van der Waals surface area contributed by atoms with Gasteiger partial charge in [0.15, 0.2) is 0 Å². The van der Waals surface area contributed by atoms with Crippen molar-refractivity contribution >= 4 is 28.9 Å². The minimum atomic E-state index is -4.66. The first kappa shape index (κ1) is 46.8. The highest BCUT2D eigenvalue weighted by Crippen LogP contribution is 2.43. The number of benzene rings is 3. The molecule has 1 saturated carbocycles. The van der Waals surface area contributed by atoms with E-state index in [0.29, 0.717) is 61.3 Å². The van der Waals surface area contributed by atoms with Gasteiger partial charge in [-0.1, -0.05) is 42.8 Å². The molecule has 3 saturated heterocycles. The van der Waals surface area contributed by atoms with Gasteiger partial charge in [0.05, 0.1) is 29.5 Å². The molecule has 5 aliphatic rings. The molecular weight excluding hydrogens is 912 g/mol. The summed E-state index contributed by atoms with van der Waals surface area (Å²) >= 11 is 0. The van der Waals surface area contributed by atoms with Crippen LogP contribution in [0.4, 0.5) is 18.9 Å². The summed E-state index contributed by atoms with van der Waals surface area (Å²) in [6.45, 7) is 4.29. The Labute approximate surface area is 409 Å². The zero-order valence-electron chi connectivity index (χ0n) is 39.8. The van der Waals surface area contributed by atoms with Crippen LogP contribution in [0.2, 0.25) is 0 Å². The second-order valence-corrected chi connectivity index (χ2v) is 20.3. The van der Waals surface area contributed by atoms with E-state index in [1.54, 1.807) is 23.5 Å². The number of amides is 3. The molecule has 4 fully saturated rings. The second kappa shape index (κ2) is 19.2. The van der Waals surface area contributed by atoms with E-state index in [4.69, 9.17) is 4.74 Å². The molecule has 71 heavy (non-hydrogen) atoms. The molecule has 0 unspecified atom stereocenters. The highest BCUT2D eigenvalue weighted by molar-refractivity contribution is 6.05. The van der Waals surface area contributed by atoms with Gasteiger partial charge in [0.2, 0.25) is 11.8 Å². The topological polar surface area (TPSA) is 139 Å². The Morgan fingerprint density at radius 2 is 1.59 bits per heavy atom. The van der Waals surface area contributed by atoms with Gasteiger partial charge in [0, 0.05) is 82.3 Å². The Morgan fingerprint density at radius 1 is 0.817 bits per heavy atom. The van der Waals surface area contributed by atoms with E-state index in [1.807, 2.05) is 41.9 Å². The number of anilines is 1. The summed E-state index contributed by atoms with van der Waals surface area (Å²) in [6.07, 6.45) is 8.29. The van der Waals surface area contributed by atoms with E-state index in [-0.39, 0.29) is 42.3 Å². The van der Waals surface area contributed by atoms with Gasteiger partial charge in [-0.25, -0.2) is 4.79 Å². The number of rotatable bonds is 13. The van der Waals surface area contributed by atoms with E-state index in [2.05, 4.69) is 55.6 Å². The van der Waals surface area contributed by atoms with E-state index in [0.717, 1.165) is 97.1 Å². The molecule has 1 N–H and O–H groups in total. The number of fused-ring (bicyclic) bond motifs is 2. The van der Waals surface area contributed by atoms with E-state index >= 15 is 0 Å². The molecule has 3 aromatic carbocycles. The number of piperidine rings is 3. The molecule has 0 radical (unpaired) electrons. The molecule has 7 heterocycles. The fourth-order valence-corrected chi connectivity index (χ4v) is 11.6. The molecule has 370 valence electrons. The van der Waals surface area contributed by atoms with Crippen molar-refractivity contribution in [2.45, 2.75) is 108 Å². The first-order chi connectivity index (χ1) is 34.3. The first-order valence-electron chi connectivity index (χ1n) is 25.1. The molecule has 17 heteroatoms. The molecule has 6 aromatic rings. The summed E-state index contributed by atoms with van der Waals surface area (Å²) in [5.74, 6) is 0.855.